The molecule has 1 aromatic carbocycles. The van der Waals surface area contributed by atoms with Gasteiger partial charge in [0.1, 0.15) is 11.9 Å². The standard InChI is InChI=1S/C22H36N4O.HI/c1-3-23-22(24-16-19(2)27-21-10-6-4-7-11-21)26-15-12-20(18-26)17-25-13-8-5-9-14-25;/h4,6-7,10-11,19-20H,3,5,8-9,12-18H2,1-2H3,(H,23,24);1H. The first-order valence-corrected chi connectivity index (χ1v) is 10.7. The number of aliphatic imine (C=N–C) groups is 1. The minimum atomic E-state index is 0. The van der Waals surface area contributed by atoms with E-state index in [1.807, 2.05) is 30.3 Å². The summed E-state index contributed by atoms with van der Waals surface area (Å²) >= 11 is 0. The largest absolute Gasteiger partial charge is 0.489 e. The van der Waals surface area contributed by atoms with E-state index in [9.17, 15) is 0 Å². The van der Waals surface area contributed by atoms with Crippen LogP contribution in [0.15, 0.2) is 35.3 Å². The Balaban J connectivity index is 0.00000280. The molecule has 0 amide bonds. The summed E-state index contributed by atoms with van der Waals surface area (Å²) < 4.78 is 5.97. The second-order valence-corrected chi connectivity index (χ2v) is 7.90. The molecule has 158 valence electrons. The topological polar surface area (TPSA) is 40.1 Å². The predicted octanol–water partition coefficient (Wildman–Crippen LogP) is 3.85. The highest BCUT2D eigenvalue weighted by atomic mass is 127. The average Bonchev–Trinajstić information content (AvgIpc) is 3.15. The molecule has 6 heteroatoms. The van der Waals surface area contributed by atoms with Gasteiger partial charge in [-0.05, 0) is 64.3 Å². The van der Waals surface area contributed by atoms with E-state index < -0.39 is 0 Å². The summed E-state index contributed by atoms with van der Waals surface area (Å²) in [4.78, 5) is 9.97. The Kier molecular flexibility index (Phi) is 10.4. The first-order valence-electron chi connectivity index (χ1n) is 10.7. The molecule has 2 fully saturated rings. The number of nitrogens with one attached hydrogen (secondary N) is 1. The maximum absolute atomic E-state index is 5.97. The fourth-order valence-corrected chi connectivity index (χ4v) is 4.09. The van der Waals surface area contributed by atoms with Crippen molar-refractivity contribution in [2.24, 2.45) is 10.9 Å². The van der Waals surface area contributed by atoms with Crippen molar-refractivity contribution in [1.29, 1.82) is 0 Å². The van der Waals surface area contributed by atoms with E-state index in [0.29, 0.717) is 6.54 Å². The number of halogens is 1. The molecule has 2 heterocycles. The van der Waals surface area contributed by atoms with Crippen LogP contribution in [-0.2, 0) is 0 Å². The van der Waals surface area contributed by atoms with Gasteiger partial charge in [0, 0.05) is 26.2 Å². The monoisotopic (exact) mass is 500 g/mol. The van der Waals surface area contributed by atoms with Crippen LogP contribution >= 0.6 is 24.0 Å². The highest BCUT2D eigenvalue weighted by Gasteiger charge is 2.27. The summed E-state index contributed by atoms with van der Waals surface area (Å²) in [6.07, 6.45) is 5.50. The molecule has 2 saturated heterocycles. The fraction of sp³-hybridized carbons (Fsp3) is 0.682. The van der Waals surface area contributed by atoms with Gasteiger partial charge >= 0.3 is 0 Å². The van der Waals surface area contributed by atoms with Crippen molar-refractivity contribution < 1.29 is 4.74 Å². The van der Waals surface area contributed by atoms with Crippen molar-refractivity contribution in [3.05, 3.63) is 30.3 Å². The molecule has 0 radical (unpaired) electrons. The molecule has 2 aliphatic rings. The number of rotatable bonds is 7. The zero-order valence-corrected chi connectivity index (χ0v) is 19.8. The minimum absolute atomic E-state index is 0. The van der Waals surface area contributed by atoms with Crippen LogP contribution in [0, 0.1) is 5.92 Å². The fourth-order valence-electron chi connectivity index (χ4n) is 4.09. The molecule has 2 aliphatic heterocycles. The lowest BCUT2D eigenvalue weighted by Gasteiger charge is -2.29. The SMILES string of the molecule is CCNC(=NCC(C)Oc1ccccc1)N1CCC(CN2CCCCC2)C1.I. The lowest BCUT2D eigenvalue weighted by atomic mass is 10.1. The van der Waals surface area contributed by atoms with Crippen molar-refractivity contribution in [3.63, 3.8) is 0 Å². The zero-order valence-electron chi connectivity index (χ0n) is 17.5. The highest BCUT2D eigenvalue weighted by Crippen LogP contribution is 2.20. The second kappa shape index (κ2) is 12.5. The Bertz CT molecular complexity index is 577. The summed E-state index contributed by atoms with van der Waals surface area (Å²) in [7, 11) is 0. The molecular weight excluding hydrogens is 463 g/mol. The smallest absolute Gasteiger partial charge is 0.194 e. The number of hydrogen-bond donors (Lipinski definition) is 1. The number of hydrogen-bond acceptors (Lipinski definition) is 3. The third kappa shape index (κ3) is 7.43. The molecule has 0 bridgehead atoms. The van der Waals surface area contributed by atoms with Gasteiger partial charge in [-0.2, -0.15) is 0 Å². The van der Waals surface area contributed by atoms with E-state index in [4.69, 9.17) is 9.73 Å². The maximum atomic E-state index is 5.97. The molecule has 5 nitrogen and oxygen atoms in total. The van der Waals surface area contributed by atoms with Crippen LogP contribution in [0.4, 0.5) is 0 Å². The van der Waals surface area contributed by atoms with Crippen LogP contribution in [0.5, 0.6) is 5.75 Å². The molecule has 0 spiro atoms. The van der Waals surface area contributed by atoms with Crippen molar-refractivity contribution in [1.82, 2.24) is 15.1 Å². The summed E-state index contributed by atoms with van der Waals surface area (Å²) in [6, 6.07) is 10.0. The van der Waals surface area contributed by atoms with Gasteiger partial charge in [0.25, 0.3) is 0 Å². The molecule has 0 saturated carbocycles. The van der Waals surface area contributed by atoms with Crippen LogP contribution in [0.25, 0.3) is 0 Å². The van der Waals surface area contributed by atoms with Crippen LogP contribution in [0.1, 0.15) is 39.5 Å². The highest BCUT2D eigenvalue weighted by molar-refractivity contribution is 14.0. The Morgan fingerprint density at radius 3 is 2.64 bits per heavy atom. The number of guanidine groups is 1. The van der Waals surface area contributed by atoms with E-state index in [1.54, 1.807) is 0 Å². The number of likely N-dealkylation sites (tertiary alicyclic amines) is 2. The Labute approximate surface area is 187 Å². The predicted molar refractivity (Wildman–Crippen MR) is 128 cm³/mol. The first-order chi connectivity index (χ1) is 13.2. The van der Waals surface area contributed by atoms with Crippen LogP contribution in [0.3, 0.4) is 0 Å². The number of nitrogens with zero attached hydrogens (tertiary/aromatic N) is 3. The Morgan fingerprint density at radius 2 is 1.93 bits per heavy atom. The lowest BCUT2D eigenvalue weighted by molar-refractivity contribution is 0.198. The Hall–Kier alpha value is -1.02. The summed E-state index contributed by atoms with van der Waals surface area (Å²) in [5.74, 6) is 2.72. The van der Waals surface area contributed by atoms with E-state index >= 15 is 0 Å². The van der Waals surface area contributed by atoms with E-state index in [-0.39, 0.29) is 30.1 Å². The van der Waals surface area contributed by atoms with Crippen molar-refractivity contribution in [3.8, 4) is 5.75 Å². The summed E-state index contributed by atoms with van der Waals surface area (Å²) in [5, 5.41) is 3.47. The van der Waals surface area contributed by atoms with Gasteiger partial charge < -0.3 is 19.9 Å². The zero-order chi connectivity index (χ0) is 18.9. The third-order valence-electron chi connectivity index (χ3n) is 5.46. The molecule has 2 atom stereocenters. The number of benzene rings is 1. The molecule has 1 N–H and O–H groups in total. The third-order valence-corrected chi connectivity index (χ3v) is 5.46. The van der Waals surface area contributed by atoms with Crippen LogP contribution < -0.4 is 10.1 Å². The summed E-state index contributed by atoms with van der Waals surface area (Å²) in [6.45, 7) is 11.9. The molecule has 0 aromatic heterocycles. The number of piperidine rings is 1. The van der Waals surface area contributed by atoms with Gasteiger partial charge in [-0.1, -0.05) is 24.6 Å². The quantitative estimate of drug-likeness (QED) is 0.351. The molecule has 28 heavy (non-hydrogen) atoms. The van der Waals surface area contributed by atoms with Gasteiger partial charge in [0.05, 0.1) is 6.54 Å². The molecule has 2 unspecified atom stereocenters. The van der Waals surface area contributed by atoms with Crippen molar-refractivity contribution >= 4 is 29.9 Å². The average molecular weight is 500 g/mol. The molecule has 3 rings (SSSR count). The van der Waals surface area contributed by atoms with Crippen LogP contribution in [0.2, 0.25) is 0 Å². The number of para-hydroxylation sites is 1. The molecular formula is C22H37IN4O. The van der Waals surface area contributed by atoms with Gasteiger partial charge in [-0.25, -0.2) is 4.99 Å². The normalized spacial score (nSPS) is 21.9. The van der Waals surface area contributed by atoms with Gasteiger partial charge in [-0.3, -0.25) is 0 Å². The van der Waals surface area contributed by atoms with Gasteiger partial charge in [-0.15, -0.1) is 24.0 Å². The molecule has 1 aromatic rings. The van der Waals surface area contributed by atoms with E-state index in [2.05, 4.69) is 29.0 Å². The van der Waals surface area contributed by atoms with E-state index in [0.717, 1.165) is 37.3 Å². The maximum Gasteiger partial charge on any atom is 0.194 e. The van der Waals surface area contributed by atoms with Gasteiger partial charge in [0.2, 0.25) is 0 Å². The second-order valence-electron chi connectivity index (χ2n) is 7.90. The van der Waals surface area contributed by atoms with Gasteiger partial charge in [0.15, 0.2) is 5.96 Å². The number of ether oxygens (including phenoxy) is 1. The lowest BCUT2D eigenvalue weighted by Crippen LogP contribution is -2.41. The van der Waals surface area contributed by atoms with E-state index in [1.165, 1.54) is 45.3 Å². The van der Waals surface area contributed by atoms with Crippen LogP contribution in [-0.4, -0.2) is 67.7 Å². The van der Waals surface area contributed by atoms with Crippen molar-refractivity contribution in [2.75, 3.05) is 45.8 Å². The first kappa shape index (κ1) is 23.3. The molecule has 0 aliphatic carbocycles. The van der Waals surface area contributed by atoms with Crippen molar-refractivity contribution in [2.45, 2.75) is 45.6 Å². The minimum Gasteiger partial charge on any atom is -0.489 e. The Morgan fingerprint density at radius 1 is 1.18 bits per heavy atom. The summed E-state index contributed by atoms with van der Waals surface area (Å²) in [5.41, 5.74) is 0.